The highest BCUT2D eigenvalue weighted by molar-refractivity contribution is 6.29. The first-order valence-corrected chi connectivity index (χ1v) is 13.3. The van der Waals surface area contributed by atoms with Crippen molar-refractivity contribution in [1.82, 2.24) is 30.4 Å². The molecule has 37 heavy (non-hydrogen) atoms. The number of rotatable bonds is 10. The zero-order valence-corrected chi connectivity index (χ0v) is 22.2. The molecule has 0 fully saturated rings. The molecule has 0 saturated carbocycles. The van der Waals surface area contributed by atoms with Crippen LogP contribution in [0.25, 0.3) is 22.5 Å². The van der Waals surface area contributed by atoms with Crippen LogP contribution in [0, 0.1) is 5.92 Å². The lowest BCUT2D eigenvalue weighted by Gasteiger charge is -2.24. The van der Waals surface area contributed by atoms with Crippen LogP contribution in [0.2, 0.25) is 0 Å². The fourth-order valence-electron chi connectivity index (χ4n) is 4.79. The summed E-state index contributed by atoms with van der Waals surface area (Å²) in [6.07, 6.45) is 3.10. The topological polar surface area (TPSA) is 60.9 Å². The highest BCUT2D eigenvalue weighted by Crippen LogP contribution is 2.34. The van der Waals surface area contributed by atoms with Crippen LogP contribution in [-0.4, -0.2) is 43.6 Å². The van der Waals surface area contributed by atoms with Crippen LogP contribution >= 0.6 is 11.6 Å². The Morgan fingerprint density at radius 3 is 2.27 bits per heavy atom. The van der Waals surface area contributed by atoms with E-state index in [1.807, 2.05) is 18.2 Å². The van der Waals surface area contributed by atoms with Crippen molar-refractivity contribution in [1.29, 1.82) is 0 Å². The van der Waals surface area contributed by atoms with Crippen molar-refractivity contribution in [2.24, 2.45) is 5.92 Å². The minimum absolute atomic E-state index is 0.599. The number of benzene rings is 3. The SMILES string of the molecule is CC(C)CCC1=C(Cl)N(CCc2ccccc2)CN1Cc1ccc(-c2ccccc2-c2nn[nH]n2)cc1. The molecular weight excluding hydrogens is 480 g/mol. The van der Waals surface area contributed by atoms with Crippen LogP contribution in [0.1, 0.15) is 37.8 Å². The molecule has 0 aliphatic carbocycles. The van der Waals surface area contributed by atoms with Gasteiger partial charge in [0.05, 0.1) is 12.4 Å². The Hall–Kier alpha value is -3.64. The summed E-state index contributed by atoms with van der Waals surface area (Å²) >= 11 is 6.97. The molecule has 1 N–H and O–H groups in total. The molecule has 0 bridgehead atoms. The van der Waals surface area contributed by atoms with Gasteiger partial charge in [-0.05, 0) is 52.6 Å². The van der Waals surface area contributed by atoms with Gasteiger partial charge in [0.15, 0.2) is 0 Å². The molecule has 0 radical (unpaired) electrons. The molecule has 1 aromatic heterocycles. The highest BCUT2D eigenvalue weighted by Gasteiger charge is 2.27. The highest BCUT2D eigenvalue weighted by atomic mass is 35.5. The number of aromatic amines is 1. The Morgan fingerprint density at radius 1 is 0.838 bits per heavy atom. The molecule has 2 heterocycles. The van der Waals surface area contributed by atoms with E-state index in [0.717, 1.165) is 60.9 Å². The Balaban J connectivity index is 1.31. The first-order valence-electron chi connectivity index (χ1n) is 12.9. The van der Waals surface area contributed by atoms with E-state index in [1.165, 1.54) is 16.8 Å². The van der Waals surface area contributed by atoms with Crippen molar-refractivity contribution in [3.05, 3.63) is 101 Å². The molecule has 1 aliphatic heterocycles. The average molecular weight is 513 g/mol. The van der Waals surface area contributed by atoms with Gasteiger partial charge in [0.2, 0.25) is 5.82 Å². The van der Waals surface area contributed by atoms with Crippen molar-refractivity contribution in [3.8, 4) is 22.5 Å². The molecule has 5 rings (SSSR count). The van der Waals surface area contributed by atoms with Crippen LogP contribution in [0.5, 0.6) is 0 Å². The minimum atomic E-state index is 0.599. The standard InChI is InChI=1S/C30H33ClN6/c1-22(2)12-17-28-29(31)36(19-18-23-8-4-3-5-9-23)21-37(28)20-24-13-15-25(16-14-24)26-10-6-7-11-27(26)30-32-34-35-33-30/h3-11,13-16,22H,12,17-21H2,1-2H3,(H,32,33,34,35). The molecule has 6 nitrogen and oxygen atoms in total. The fraction of sp³-hybridized carbons (Fsp3) is 0.300. The normalized spacial score (nSPS) is 13.7. The molecule has 4 aromatic rings. The van der Waals surface area contributed by atoms with E-state index in [4.69, 9.17) is 11.6 Å². The smallest absolute Gasteiger partial charge is 0.205 e. The predicted molar refractivity (Wildman–Crippen MR) is 149 cm³/mol. The summed E-state index contributed by atoms with van der Waals surface area (Å²) in [6, 6.07) is 27.6. The van der Waals surface area contributed by atoms with E-state index in [0.29, 0.717) is 11.7 Å². The van der Waals surface area contributed by atoms with Gasteiger partial charge in [0.25, 0.3) is 0 Å². The molecule has 3 aromatic carbocycles. The van der Waals surface area contributed by atoms with Gasteiger partial charge in [0, 0.05) is 18.7 Å². The number of halogens is 1. The summed E-state index contributed by atoms with van der Waals surface area (Å²) in [5, 5.41) is 15.5. The Bertz CT molecular complexity index is 1320. The lowest BCUT2D eigenvalue weighted by Crippen LogP contribution is -2.28. The molecule has 190 valence electrons. The van der Waals surface area contributed by atoms with E-state index in [2.05, 4.69) is 105 Å². The third-order valence-electron chi connectivity index (χ3n) is 6.86. The number of H-pyrrole nitrogens is 1. The molecule has 1 aliphatic rings. The largest absolute Gasteiger partial charge is 0.350 e. The fourth-order valence-corrected chi connectivity index (χ4v) is 5.14. The van der Waals surface area contributed by atoms with Gasteiger partial charge in [-0.3, -0.25) is 0 Å². The molecule has 0 spiro atoms. The van der Waals surface area contributed by atoms with Crippen molar-refractivity contribution >= 4 is 11.6 Å². The van der Waals surface area contributed by atoms with Crippen molar-refractivity contribution in [2.45, 2.75) is 39.7 Å². The number of hydrogen-bond acceptors (Lipinski definition) is 5. The third-order valence-corrected chi connectivity index (χ3v) is 7.32. The van der Waals surface area contributed by atoms with E-state index in [-0.39, 0.29) is 0 Å². The maximum Gasteiger partial charge on any atom is 0.205 e. The number of allylic oxidation sites excluding steroid dienone is 1. The summed E-state index contributed by atoms with van der Waals surface area (Å²) in [6.45, 7) is 7.11. The van der Waals surface area contributed by atoms with Gasteiger partial charge >= 0.3 is 0 Å². The van der Waals surface area contributed by atoms with Gasteiger partial charge in [-0.2, -0.15) is 5.21 Å². The summed E-state index contributed by atoms with van der Waals surface area (Å²) < 4.78 is 0. The monoisotopic (exact) mass is 512 g/mol. The summed E-state index contributed by atoms with van der Waals surface area (Å²) in [5.41, 5.74) is 7.04. The van der Waals surface area contributed by atoms with Gasteiger partial charge in [0.1, 0.15) is 5.16 Å². The molecule has 0 saturated heterocycles. The quantitative estimate of drug-likeness (QED) is 0.240. The van der Waals surface area contributed by atoms with Crippen LogP contribution in [0.4, 0.5) is 0 Å². The van der Waals surface area contributed by atoms with E-state index in [1.54, 1.807) is 0 Å². The maximum atomic E-state index is 6.97. The number of aromatic nitrogens is 4. The molecule has 0 unspecified atom stereocenters. The molecular formula is C30H33ClN6. The Kier molecular flexibility index (Phi) is 7.85. The first-order chi connectivity index (χ1) is 18.1. The van der Waals surface area contributed by atoms with Crippen molar-refractivity contribution in [2.75, 3.05) is 13.2 Å². The minimum Gasteiger partial charge on any atom is -0.350 e. The second-order valence-electron chi connectivity index (χ2n) is 9.99. The Morgan fingerprint density at radius 2 is 1.57 bits per heavy atom. The lowest BCUT2D eigenvalue weighted by atomic mass is 9.98. The Labute approximate surface area is 224 Å². The van der Waals surface area contributed by atoms with Crippen LogP contribution < -0.4 is 0 Å². The van der Waals surface area contributed by atoms with Crippen molar-refractivity contribution in [3.63, 3.8) is 0 Å². The second-order valence-corrected chi connectivity index (χ2v) is 10.3. The average Bonchev–Trinajstić information content (AvgIpc) is 3.56. The number of nitrogens with zero attached hydrogens (tertiary/aromatic N) is 5. The summed E-state index contributed by atoms with van der Waals surface area (Å²) in [5.74, 6) is 1.23. The third kappa shape index (κ3) is 6.03. The van der Waals surface area contributed by atoms with Gasteiger partial charge in [-0.25, -0.2) is 0 Å². The van der Waals surface area contributed by atoms with E-state index >= 15 is 0 Å². The van der Waals surface area contributed by atoms with E-state index in [9.17, 15) is 0 Å². The first kappa shape index (κ1) is 25.0. The summed E-state index contributed by atoms with van der Waals surface area (Å²) in [4.78, 5) is 4.76. The molecule has 0 atom stereocenters. The lowest BCUT2D eigenvalue weighted by molar-refractivity contribution is 0.242. The maximum absolute atomic E-state index is 6.97. The predicted octanol–water partition coefficient (Wildman–Crippen LogP) is 6.70. The van der Waals surface area contributed by atoms with Gasteiger partial charge in [-0.15, -0.1) is 10.2 Å². The van der Waals surface area contributed by atoms with E-state index < -0.39 is 0 Å². The van der Waals surface area contributed by atoms with Crippen molar-refractivity contribution < 1.29 is 0 Å². The zero-order valence-electron chi connectivity index (χ0n) is 21.4. The summed E-state index contributed by atoms with van der Waals surface area (Å²) in [7, 11) is 0. The molecule has 0 amide bonds. The number of hydrogen-bond donors (Lipinski definition) is 1. The zero-order chi connectivity index (χ0) is 25.6. The van der Waals surface area contributed by atoms with Crippen LogP contribution in [-0.2, 0) is 13.0 Å². The van der Waals surface area contributed by atoms with Crippen LogP contribution in [0.15, 0.2) is 89.7 Å². The molecule has 7 heteroatoms. The second kappa shape index (κ2) is 11.6. The van der Waals surface area contributed by atoms with Crippen LogP contribution in [0.3, 0.4) is 0 Å². The van der Waals surface area contributed by atoms with Gasteiger partial charge in [-0.1, -0.05) is 104 Å². The number of tetrazole rings is 1. The van der Waals surface area contributed by atoms with Gasteiger partial charge < -0.3 is 9.80 Å². The number of nitrogens with one attached hydrogen (secondary N) is 1.